The molecule has 4 N–H and O–H groups in total. The molecule has 0 saturated heterocycles. The first kappa shape index (κ1) is 19.5. The molecular weight excluding hydrogens is 400 g/mol. The summed E-state index contributed by atoms with van der Waals surface area (Å²) in [7, 11) is 0. The van der Waals surface area contributed by atoms with Crippen molar-refractivity contribution in [2.24, 2.45) is 5.73 Å². The second-order valence-electron chi connectivity index (χ2n) is 6.44. The summed E-state index contributed by atoms with van der Waals surface area (Å²) < 4.78 is 0. The highest BCUT2D eigenvalue weighted by molar-refractivity contribution is 6.33. The van der Waals surface area contributed by atoms with Crippen LogP contribution >= 0.6 is 11.6 Å². The molecule has 0 fully saturated rings. The standard InChI is InChI=1S/C21H17ClN8/c22-16-4-2-1-3-14(16)19-15(20-25-7-8-26-20)11-29-21(30-19)17(24)12-28-18-6-5-13(9-23)10-27-18/h1-8,10-11,17H,12,24H2,(H,25,26)(H,27,28). The van der Waals surface area contributed by atoms with Gasteiger partial charge in [0.05, 0.1) is 22.9 Å². The third-order valence-electron chi connectivity index (χ3n) is 4.42. The smallest absolute Gasteiger partial charge is 0.147 e. The lowest BCUT2D eigenvalue weighted by Gasteiger charge is -2.15. The average Bonchev–Trinajstić information content (AvgIpc) is 3.32. The molecule has 0 bridgehead atoms. The van der Waals surface area contributed by atoms with Crippen LogP contribution in [0.1, 0.15) is 17.4 Å². The number of halogens is 1. The fourth-order valence-electron chi connectivity index (χ4n) is 2.89. The van der Waals surface area contributed by atoms with E-state index in [1.165, 1.54) is 6.20 Å². The van der Waals surface area contributed by atoms with Gasteiger partial charge in [-0.2, -0.15) is 5.26 Å². The number of hydrogen-bond donors (Lipinski definition) is 3. The minimum atomic E-state index is -0.491. The highest BCUT2D eigenvalue weighted by Crippen LogP contribution is 2.33. The van der Waals surface area contributed by atoms with Crippen LogP contribution in [-0.2, 0) is 0 Å². The molecule has 1 unspecified atom stereocenters. The van der Waals surface area contributed by atoms with E-state index in [0.29, 0.717) is 40.3 Å². The molecular formula is C21H17ClN8. The van der Waals surface area contributed by atoms with Crippen LogP contribution in [0.2, 0.25) is 5.02 Å². The molecule has 1 aromatic carbocycles. The maximum absolute atomic E-state index is 8.86. The molecule has 0 amide bonds. The Bertz CT molecular complexity index is 1180. The number of rotatable bonds is 6. The summed E-state index contributed by atoms with van der Waals surface area (Å²) in [5.41, 5.74) is 8.96. The molecule has 9 heteroatoms. The molecule has 1 atom stereocenters. The van der Waals surface area contributed by atoms with Gasteiger partial charge in [0, 0.05) is 41.9 Å². The van der Waals surface area contributed by atoms with Gasteiger partial charge in [-0.25, -0.2) is 19.9 Å². The Morgan fingerprint density at radius 3 is 2.67 bits per heavy atom. The quantitative estimate of drug-likeness (QED) is 0.438. The third-order valence-corrected chi connectivity index (χ3v) is 4.75. The summed E-state index contributed by atoms with van der Waals surface area (Å²) in [6.45, 7) is 0.362. The highest BCUT2D eigenvalue weighted by Gasteiger charge is 2.18. The number of anilines is 1. The van der Waals surface area contributed by atoms with Crippen LogP contribution in [0.15, 0.2) is 61.2 Å². The van der Waals surface area contributed by atoms with E-state index in [-0.39, 0.29) is 0 Å². The molecule has 4 rings (SSSR count). The van der Waals surface area contributed by atoms with Gasteiger partial charge in [-0.3, -0.25) is 0 Å². The Morgan fingerprint density at radius 1 is 1.10 bits per heavy atom. The number of nitrogens with zero attached hydrogens (tertiary/aromatic N) is 5. The zero-order chi connectivity index (χ0) is 20.9. The van der Waals surface area contributed by atoms with Gasteiger partial charge >= 0.3 is 0 Å². The van der Waals surface area contributed by atoms with Crippen molar-refractivity contribution in [3.05, 3.63) is 77.6 Å². The minimum Gasteiger partial charge on any atom is -0.368 e. The van der Waals surface area contributed by atoms with Gasteiger partial charge in [0.25, 0.3) is 0 Å². The predicted octanol–water partition coefficient (Wildman–Crippen LogP) is 3.57. The topological polar surface area (TPSA) is 129 Å². The number of benzene rings is 1. The number of aromatic nitrogens is 5. The number of aromatic amines is 1. The van der Waals surface area contributed by atoms with Gasteiger partial charge in [0.1, 0.15) is 23.5 Å². The van der Waals surface area contributed by atoms with Crippen molar-refractivity contribution in [1.82, 2.24) is 24.9 Å². The second-order valence-corrected chi connectivity index (χ2v) is 6.85. The molecule has 3 heterocycles. The largest absolute Gasteiger partial charge is 0.368 e. The summed E-state index contributed by atoms with van der Waals surface area (Å²) in [5, 5.41) is 12.6. The van der Waals surface area contributed by atoms with Gasteiger partial charge in [0.15, 0.2) is 0 Å². The number of hydrogen-bond acceptors (Lipinski definition) is 7. The van der Waals surface area contributed by atoms with Crippen molar-refractivity contribution < 1.29 is 0 Å². The van der Waals surface area contributed by atoms with E-state index >= 15 is 0 Å². The number of nitriles is 1. The molecule has 0 aliphatic heterocycles. The summed E-state index contributed by atoms with van der Waals surface area (Å²) in [6.07, 6.45) is 6.59. The van der Waals surface area contributed by atoms with Gasteiger partial charge in [-0.05, 0) is 18.2 Å². The fraction of sp³-hybridized carbons (Fsp3) is 0.0952. The van der Waals surface area contributed by atoms with Gasteiger partial charge in [-0.15, -0.1) is 0 Å². The maximum Gasteiger partial charge on any atom is 0.147 e. The van der Waals surface area contributed by atoms with Crippen LogP contribution in [0.25, 0.3) is 22.6 Å². The lowest BCUT2D eigenvalue weighted by molar-refractivity contribution is 0.701. The van der Waals surface area contributed by atoms with Gasteiger partial charge in [0.2, 0.25) is 0 Å². The summed E-state index contributed by atoms with van der Waals surface area (Å²) in [4.78, 5) is 20.7. The number of nitrogens with one attached hydrogen (secondary N) is 2. The monoisotopic (exact) mass is 416 g/mol. The van der Waals surface area contributed by atoms with E-state index in [1.807, 2.05) is 30.3 Å². The molecule has 4 aromatic rings. The second kappa shape index (κ2) is 8.69. The lowest BCUT2D eigenvalue weighted by atomic mass is 10.1. The molecule has 8 nitrogen and oxygen atoms in total. The summed E-state index contributed by atoms with van der Waals surface area (Å²) in [6, 6.07) is 12.4. The van der Waals surface area contributed by atoms with Crippen molar-refractivity contribution in [2.75, 3.05) is 11.9 Å². The normalized spacial score (nSPS) is 11.6. The minimum absolute atomic E-state index is 0.362. The first-order valence-corrected chi connectivity index (χ1v) is 9.50. The van der Waals surface area contributed by atoms with E-state index < -0.39 is 6.04 Å². The maximum atomic E-state index is 8.86. The molecule has 3 aromatic heterocycles. The summed E-state index contributed by atoms with van der Waals surface area (Å²) >= 11 is 6.42. The molecule has 148 valence electrons. The third kappa shape index (κ3) is 4.12. The van der Waals surface area contributed by atoms with E-state index in [9.17, 15) is 0 Å². The van der Waals surface area contributed by atoms with Crippen LogP contribution in [-0.4, -0.2) is 31.5 Å². The first-order chi connectivity index (χ1) is 14.7. The van der Waals surface area contributed by atoms with Gasteiger partial charge < -0.3 is 16.0 Å². The zero-order valence-electron chi connectivity index (χ0n) is 15.7. The Hall–Kier alpha value is -3.80. The van der Waals surface area contributed by atoms with Crippen LogP contribution in [0.5, 0.6) is 0 Å². The van der Waals surface area contributed by atoms with E-state index in [0.717, 1.165) is 11.1 Å². The number of H-pyrrole nitrogens is 1. The number of nitrogens with two attached hydrogens (primary N) is 1. The van der Waals surface area contributed by atoms with E-state index in [4.69, 9.17) is 27.6 Å². The van der Waals surface area contributed by atoms with Crippen LogP contribution in [0.3, 0.4) is 0 Å². The van der Waals surface area contributed by atoms with Crippen molar-refractivity contribution in [3.63, 3.8) is 0 Å². The highest BCUT2D eigenvalue weighted by atomic mass is 35.5. The lowest BCUT2D eigenvalue weighted by Crippen LogP contribution is -2.23. The van der Waals surface area contributed by atoms with Crippen molar-refractivity contribution in [1.29, 1.82) is 5.26 Å². The zero-order valence-corrected chi connectivity index (χ0v) is 16.5. The van der Waals surface area contributed by atoms with Crippen LogP contribution in [0.4, 0.5) is 5.82 Å². The van der Waals surface area contributed by atoms with E-state index in [2.05, 4.69) is 25.3 Å². The molecule has 0 aliphatic rings. The SMILES string of the molecule is N#Cc1ccc(NCC(N)c2ncc(-c3ncc[nH]3)c(-c3ccccc3Cl)n2)nc1. The number of pyridine rings is 1. The van der Waals surface area contributed by atoms with Crippen molar-refractivity contribution in [2.45, 2.75) is 6.04 Å². The Balaban J connectivity index is 1.63. The first-order valence-electron chi connectivity index (χ1n) is 9.13. The fourth-order valence-corrected chi connectivity index (χ4v) is 3.11. The molecule has 0 saturated carbocycles. The summed E-state index contributed by atoms with van der Waals surface area (Å²) in [5.74, 6) is 1.72. The Morgan fingerprint density at radius 2 is 1.97 bits per heavy atom. The average molecular weight is 417 g/mol. The molecule has 0 aliphatic carbocycles. The van der Waals surface area contributed by atoms with Crippen LogP contribution < -0.4 is 11.1 Å². The molecule has 0 spiro atoms. The van der Waals surface area contributed by atoms with E-state index in [1.54, 1.807) is 30.7 Å². The molecule has 30 heavy (non-hydrogen) atoms. The Labute approximate surface area is 177 Å². The predicted molar refractivity (Wildman–Crippen MR) is 114 cm³/mol. The van der Waals surface area contributed by atoms with Crippen molar-refractivity contribution >= 4 is 17.4 Å². The van der Waals surface area contributed by atoms with Crippen molar-refractivity contribution in [3.8, 4) is 28.7 Å². The van der Waals surface area contributed by atoms with Gasteiger partial charge in [-0.1, -0.05) is 29.8 Å². The molecule has 0 radical (unpaired) electrons. The Kier molecular flexibility index (Phi) is 5.66. The van der Waals surface area contributed by atoms with Crippen LogP contribution in [0, 0.1) is 11.3 Å². The number of imidazole rings is 1.